The van der Waals surface area contributed by atoms with Crippen molar-refractivity contribution in [1.29, 1.82) is 0 Å². The van der Waals surface area contributed by atoms with Crippen LogP contribution in [0, 0.1) is 5.82 Å². The van der Waals surface area contributed by atoms with Gasteiger partial charge in [0.2, 0.25) is 10.0 Å². The smallest absolute Gasteiger partial charge is 0.323 e. The summed E-state index contributed by atoms with van der Waals surface area (Å²) in [6.45, 7) is 1.32. The molecular formula is C11H13FN2O4S2. The summed E-state index contributed by atoms with van der Waals surface area (Å²) in [6.07, 6.45) is 0. The van der Waals surface area contributed by atoms with E-state index in [0.29, 0.717) is 0 Å². The van der Waals surface area contributed by atoms with Gasteiger partial charge in [0.15, 0.2) is 0 Å². The van der Waals surface area contributed by atoms with Crippen LogP contribution in [0.1, 0.15) is 12.5 Å². The summed E-state index contributed by atoms with van der Waals surface area (Å²) >= 11 is 4.63. The highest BCUT2D eigenvalue weighted by Gasteiger charge is 2.23. The minimum atomic E-state index is -4.02. The average molecular weight is 320 g/mol. The summed E-state index contributed by atoms with van der Waals surface area (Å²) in [5.41, 5.74) is 5.11. The summed E-state index contributed by atoms with van der Waals surface area (Å²) in [7, 11) is -2.89. The minimum absolute atomic E-state index is 0.186. The second kappa shape index (κ2) is 6.25. The predicted molar refractivity (Wildman–Crippen MR) is 74.1 cm³/mol. The van der Waals surface area contributed by atoms with E-state index in [9.17, 15) is 17.6 Å². The van der Waals surface area contributed by atoms with Gasteiger partial charge in [-0.15, -0.1) is 0 Å². The molecule has 3 N–H and O–H groups in total. The van der Waals surface area contributed by atoms with Crippen LogP contribution in [0.4, 0.5) is 4.39 Å². The van der Waals surface area contributed by atoms with Crippen LogP contribution in [0.2, 0.25) is 0 Å². The molecule has 0 radical (unpaired) electrons. The molecule has 0 aromatic heterocycles. The number of methoxy groups -OCH3 is 1. The highest BCUT2D eigenvalue weighted by atomic mass is 32.2. The molecule has 1 atom stereocenters. The van der Waals surface area contributed by atoms with E-state index in [2.05, 4.69) is 21.7 Å². The van der Waals surface area contributed by atoms with Crippen molar-refractivity contribution in [2.24, 2.45) is 5.73 Å². The third kappa shape index (κ3) is 3.71. The van der Waals surface area contributed by atoms with Gasteiger partial charge < -0.3 is 10.5 Å². The van der Waals surface area contributed by atoms with Crippen molar-refractivity contribution in [2.45, 2.75) is 17.9 Å². The molecule has 9 heteroatoms. The molecule has 0 aliphatic rings. The number of nitrogens with one attached hydrogen (secondary N) is 1. The highest BCUT2D eigenvalue weighted by Crippen LogP contribution is 2.15. The van der Waals surface area contributed by atoms with E-state index in [1.807, 2.05) is 0 Å². The van der Waals surface area contributed by atoms with E-state index < -0.39 is 27.9 Å². The summed E-state index contributed by atoms with van der Waals surface area (Å²) in [4.78, 5) is 10.7. The fourth-order valence-electron chi connectivity index (χ4n) is 1.39. The Morgan fingerprint density at radius 3 is 2.60 bits per heavy atom. The van der Waals surface area contributed by atoms with Crippen LogP contribution in [0.15, 0.2) is 23.1 Å². The number of thiocarbonyl (C=S) groups is 1. The van der Waals surface area contributed by atoms with Crippen molar-refractivity contribution in [3.63, 3.8) is 0 Å². The maximum atomic E-state index is 13.4. The first-order chi connectivity index (χ1) is 9.19. The monoisotopic (exact) mass is 320 g/mol. The van der Waals surface area contributed by atoms with Gasteiger partial charge >= 0.3 is 5.97 Å². The Morgan fingerprint density at radius 2 is 2.10 bits per heavy atom. The minimum Gasteiger partial charge on any atom is -0.468 e. The van der Waals surface area contributed by atoms with E-state index >= 15 is 0 Å². The second-order valence-electron chi connectivity index (χ2n) is 3.87. The van der Waals surface area contributed by atoms with Crippen molar-refractivity contribution < 1.29 is 22.3 Å². The lowest BCUT2D eigenvalue weighted by atomic mass is 10.2. The topological polar surface area (TPSA) is 98.5 Å². The Kier molecular flexibility index (Phi) is 5.15. The molecule has 0 saturated carbocycles. The molecule has 0 spiro atoms. The van der Waals surface area contributed by atoms with Crippen LogP contribution >= 0.6 is 12.2 Å². The van der Waals surface area contributed by atoms with Crippen LogP contribution < -0.4 is 10.5 Å². The zero-order valence-electron chi connectivity index (χ0n) is 10.7. The number of benzene rings is 1. The predicted octanol–water partition coefficient (Wildman–Crippen LogP) is 0.300. The number of esters is 1. The van der Waals surface area contributed by atoms with Crippen LogP contribution in [0.3, 0.4) is 0 Å². The number of rotatable bonds is 5. The first-order valence-corrected chi connectivity index (χ1v) is 7.27. The Bertz CT molecular complexity index is 646. The first-order valence-electron chi connectivity index (χ1n) is 5.38. The van der Waals surface area contributed by atoms with Gasteiger partial charge in [-0.25, -0.2) is 12.8 Å². The quantitative estimate of drug-likeness (QED) is 0.598. The molecule has 0 fully saturated rings. The number of nitrogens with two attached hydrogens (primary N) is 1. The van der Waals surface area contributed by atoms with Gasteiger partial charge in [0, 0.05) is 5.56 Å². The average Bonchev–Trinajstić information content (AvgIpc) is 2.36. The molecule has 0 aliphatic carbocycles. The van der Waals surface area contributed by atoms with Crippen molar-refractivity contribution in [2.75, 3.05) is 7.11 Å². The Hall–Kier alpha value is -1.58. The van der Waals surface area contributed by atoms with Gasteiger partial charge in [-0.3, -0.25) is 4.79 Å². The Labute approximate surface area is 121 Å². The van der Waals surface area contributed by atoms with Gasteiger partial charge in [0.1, 0.15) is 16.8 Å². The molecule has 1 aromatic carbocycles. The molecule has 0 heterocycles. The number of hydrogen-bond donors (Lipinski definition) is 2. The number of hydrogen-bond acceptors (Lipinski definition) is 5. The van der Waals surface area contributed by atoms with Gasteiger partial charge in [-0.1, -0.05) is 12.2 Å². The van der Waals surface area contributed by atoms with Crippen LogP contribution in [-0.4, -0.2) is 32.5 Å². The van der Waals surface area contributed by atoms with E-state index in [4.69, 9.17) is 5.73 Å². The maximum Gasteiger partial charge on any atom is 0.323 e. The summed E-state index contributed by atoms with van der Waals surface area (Å²) in [5, 5.41) is 0. The van der Waals surface area contributed by atoms with Crippen molar-refractivity contribution in [1.82, 2.24) is 4.72 Å². The Balaban J connectivity index is 3.13. The molecule has 1 aromatic rings. The summed E-state index contributed by atoms with van der Waals surface area (Å²) in [6, 6.07) is 1.91. The lowest BCUT2D eigenvalue weighted by molar-refractivity contribution is -0.142. The van der Waals surface area contributed by atoms with E-state index in [0.717, 1.165) is 25.3 Å². The second-order valence-corrected chi connectivity index (χ2v) is 6.03. The Morgan fingerprint density at radius 1 is 1.50 bits per heavy atom. The fourth-order valence-corrected chi connectivity index (χ4v) is 2.76. The fraction of sp³-hybridized carbons (Fsp3) is 0.273. The van der Waals surface area contributed by atoms with Gasteiger partial charge in [0.05, 0.1) is 12.0 Å². The third-order valence-corrected chi connectivity index (χ3v) is 4.16. The molecule has 1 unspecified atom stereocenters. The van der Waals surface area contributed by atoms with Crippen molar-refractivity contribution in [3.05, 3.63) is 29.6 Å². The van der Waals surface area contributed by atoms with Crippen LogP contribution in [-0.2, 0) is 19.6 Å². The molecular weight excluding hydrogens is 307 g/mol. The summed E-state index contributed by atoms with van der Waals surface area (Å²) < 4.78 is 44.0. The van der Waals surface area contributed by atoms with Crippen LogP contribution in [0.5, 0.6) is 0 Å². The zero-order valence-corrected chi connectivity index (χ0v) is 12.3. The normalized spacial score (nSPS) is 12.8. The molecule has 0 amide bonds. The number of halogens is 1. The van der Waals surface area contributed by atoms with Crippen LogP contribution in [0.25, 0.3) is 0 Å². The lowest BCUT2D eigenvalue weighted by Crippen LogP contribution is -2.39. The molecule has 110 valence electrons. The molecule has 0 saturated heterocycles. The maximum absolute atomic E-state index is 13.4. The largest absolute Gasteiger partial charge is 0.468 e. The summed E-state index contributed by atoms with van der Waals surface area (Å²) in [5.74, 6) is -1.47. The van der Waals surface area contributed by atoms with E-state index in [1.165, 1.54) is 6.92 Å². The molecule has 6 nitrogen and oxygen atoms in total. The lowest BCUT2D eigenvalue weighted by Gasteiger charge is -2.13. The van der Waals surface area contributed by atoms with Gasteiger partial charge in [-0.2, -0.15) is 4.72 Å². The highest BCUT2D eigenvalue weighted by molar-refractivity contribution is 7.89. The molecule has 0 bridgehead atoms. The van der Waals surface area contributed by atoms with E-state index in [1.54, 1.807) is 0 Å². The van der Waals surface area contributed by atoms with Gasteiger partial charge in [-0.05, 0) is 25.1 Å². The van der Waals surface area contributed by atoms with Crippen molar-refractivity contribution in [3.8, 4) is 0 Å². The van der Waals surface area contributed by atoms with Crippen molar-refractivity contribution >= 4 is 33.2 Å². The zero-order chi connectivity index (χ0) is 15.5. The number of sulfonamides is 1. The molecule has 1 rings (SSSR count). The third-order valence-electron chi connectivity index (χ3n) is 2.40. The van der Waals surface area contributed by atoms with Gasteiger partial charge in [0.25, 0.3) is 0 Å². The standard InChI is InChI=1S/C11H13FN2O4S2/c1-6(11(15)18-2)14-20(16,17)7-3-4-9(12)8(5-7)10(13)19/h3-6,14H,1-2H3,(H2,13,19). The number of ether oxygens (including phenoxy) is 1. The SMILES string of the molecule is COC(=O)C(C)NS(=O)(=O)c1ccc(F)c(C(N)=S)c1. The first kappa shape index (κ1) is 16.5. The molecule has 20 heavy (non-hydrogen) atoms. The molecule has 0 aliphatic heterocycles. The number of carbonyl (C=O) groups is 1. The van der Waals surface area contributed by atoms with E-state index in [-0.39, 0.29) is 15.4 Å². The number of carbonyl (C=O) groups excluding carboxylic acids is 1.